The van der Waals surface area contributed by atoms with Gasteiger partial charge in [-0.25, -0.2) is 27.8 Å². The first-order chi connectivity index (χ1) is 15.2. The van der Waals surface area contributed by atoms with Crippen LogP contribution in [0.25, 0.3) is 16.9 Å². The first-order valence-electron chi connectivity index (χ1n) is 9.44. The highest BCUT2D eigenvalue weighted by atomic mass is 32.2. The van der Waals surface area contributed by atoms with Crippen LogP contribution in [0.4, 0.5) is 16.0 Å². The van der Waals surface area contributed by atoms with Crippen LogP contribution in [0.5, 0.6) is 0 Å². The molecule has 11 heteroatoms. The predicted molar refractivity (Wildman–Crippen MR) is 117 cm³/mol. The highest BCUT2D eigenvalue weighted by molar-refractivity contribution is 7.90. The SMILES string of the molecule is CC(Nc1ncnc(N)c1C#N)c1nc2ccc(F)cn2c1-c1ccccc1S(C)(=O)=O. The van der Waals surface area contributed by atoms with Gasteiger partial charge in [-0.1, -0.05) is 18.2 Å². The summed E-state index contributed by atoms with van der Waals surface area (Å²) in [6.07, 6.45) is 3.58. The molecule has 1 atom stereocenters. The van der Waals surface area contributed by atoms with Gasteiger partial charge in [0.25, 0.3) is 0 Å². The van der Waals surface area contributed by atoms with E-state index in [-0.39, 0.29) is 22.1 Å². The standard InChI is InChI=1S/C21H18FN7O2S/c1-12(27-21-15(9-23)20(24)25-11-26-21)18-19(29-10-13(22)7-8-17(29)28-18)14-5-3-4-6-16(14)32(2,30)31/h3-8,10-12H,1-2H3,(H3,24,25,26,27). The summed E-state index contributed by atoms with van der Waals surface area (Å²) in [6.45, 7) is 1.77. The van der Waals surface area contributed by atoms with E-state index in [9.17, 15) is 18.1 Å². The summed E-state index contributed by atoms with van der Waals surface area (Å²) in [4.78, 5) is 12.6. The number of imidazole rings is 1. The van der Waals surface area contributed by atoms with Crippen molar-refractivity contribution in [2.24, 2.45) is 0 Å². The lowest BCUT2D eigenvalue weighted by Gasteiger charge is -2.17. The van der Waals surface area contributed by atoms with Gasteiger partial charge in [-0.15, -0.1) is 0 Å². The molecule has 0 aliphatic heterocycles. The molecule has 0 amide bonds. The Morgan fingerprint density at radius 3 is 2.69 bits per heavy atom. The highest BCUT2D eigenvalue weighted by Gasteiger charge is 2.25. The number of fused-ring (bicyclic) bond motifs is 1. The van der Waals surface area contributed by atoms with Gasteiger partial charge in [-0.05, 0) is 25.1 Å². The van der Waals surface area contributed by atoms with Gasteiger partial charge < -0.3 is 11.1 Å². The number of rotatable bonds is 5. The molecule has 4 aromatic rings. The van der Waals surface area contributed by atoms with Crippen LogP contribution in [0.15, 0.2) is 53.8 Å². The van der Waals surface area contributed by atoms with Gasteiger partial charge in [0.1, 0.15) is 41.1 Å². The van der Waals surface area contributed by atoms with Crippen molar-refractivity contribution in [3.8, 4) is 17.3 Å². The Labute approximate surface area is 183 Å². The van der Waals surface area contributed by atoms with Gasteiger partial charge in [0, 0.05) is 18.0 Å². The Morgan fingerprint density at radius 2 is 1.97 bits per heavy atom. The van der Waals surface area contributed by atoms with Crippen LogP contribution in [-0.4, -0.2) is 34.0 Å². The Kier molecular flexibility index (Phi) is 5.23. The zero-order valence-corrected chi connectivity index (χ0v) is 17.9. The lowest BCUT2D eigenvalue weighted by atomic mass is 10.1. The number of anilines is 2. The smallest absolute Gasteiger partial charge is 0.176 e. The lowest BCUT2D eigenvalue weighted by molar-refractivity contribution is 0.602. The molecule has 0 saturated heterocycles. The van der Waals surface area contributed by atoms with Gasteiger partial charge in [0.2, 0.25) is 0 Å². The molecule has 0 bridgehead atoms. The van der Waals surface area contributed by atoms with Gasteiger partial charge in [-0.3, -0.25) is 4.40 Å². The van der Waals surface area contributed by atoms with E-state index in [1.165, 1.54) is 35.1 Å². The summed E-state index contributed by atoms with van der Waals surface area (Å²) < 4.78 is 40.5. The summed E-state index contributed by atoms with van der Waals surface area (Å²) in [7, 11) is -3.59. The molecule has 1 aromatic carbocycles. The van der Waals surface area contributed by atoms with Crippen molar-refractivity contribution in [1.29, 1.82) is 5.26 Å². The third kappa shape index (κ3) is 3.72. The molecule has 0 aliphatic rings. The van der Waals surface area contributed by atoms with Gasteiger partial charge in [-0.2, -0.15) is 5.26 Å². The highest BCUT2D eigenvalue weighted by Crippen LogP contribution is 2.35. The quantitative estimate of drug-likeness (QED) is 0.472. The van der Waals surface area contributed by atoms with E-state index in [1.807, 2.05) is 6.07 Å². The maximum Gasteiger partial charge on any atom is 0.176 e. The number of hydrogen-bond acceptors (Lipinski definition) is 8. The minimum Gasteiger partial charge on any atom is -0.382 e. The van der Waals surface area contributed by atoms with E-state index in [0.717, 1.165) is 6.26 Å². The van der Waals surface area contributed by atoms with Crippen LogP contribution < -0.4 is 11.1 Å². The number of nitrogen functional groups attached to an aromatic ring is 1. The maximum atomic E-state index is 14.1. The van der Waals surface area contributed by atoms with Crippen LogP contribution in [0.3, 0.4) is 0 Å². The molecule has 3 aromatic heterocycles. The topological polar surface area (TPSA) is 139 Å². The Hall–Kier alpha value is -4.04. The van der Waals surface area contributed by atoms with Crippen LogP contribution in [0.1, 0.15) is 24.2 Å². The zero-order chi connectivity index (χ0) is 23.0. The molecule has 0 radical (unpaired) electrons. The normalized spacial score (nSPS) is 12.4. The van der Waals surface area contributed by atoms with E-state index < -0.39 is 21.7 Å². The molecule has 0 fully saturated rings. The summed E-state index contributed by atoms with van der Waals surface area (Å²) >= 11 is 0. The predicted octanol–water partition coefficient (Wildman–Crippen LogP) is 2.96. The van der Waals surface area contributed by atoms with E-state index in [4.69, 9.17) is 5.73 Å². The van der Waals surface area contributed by atoms with Crippen molar-refractivity contribution < 1.29 is 12.8 Å². The average Bonchev–Trinajstić information content (AvgIpc) is 3.12. The second-order valence-corrected chi connectivity index (χ2v) is 9.13. The van der Waals surface area contributed by atoms with Crippen LogP contribution >= 0.6 is 0 Å². The second kappa shape index (κ2) is 7.90. The van der Waals surface area contributed by atoms with Gasteiger partial charge in [0.15, 0.2) is 9.84 Å². The molecule has 1 unspecified atom stereocenters. The number of nitriles is 1. The number of nitrogens with zero attached hydrogens (tertiary/aromatic N) is 5. The molecule has 3 N–H and O–H groups in total. The first kappa shape index (κ1) is 21.2. The molecular weight excluding hydrogens is 433 g/mol. The largest absolute Gasteiger partial charge is 0.382 e. The molecular formula is C21H18FN7O2S. The first-order valence-corrected chi connectivity index (χ1v) is 11.3. The second-order valence-electron chi connectivity index (χ2n) is 7.15. The third-order valence-electron chi connectivity index (χ3n) is 4.90. The molecule has 0 aliphatic carbocycles. The number of nitrogens with one attached hydrogen (secondary N) is 1. The Bertz CT molecular complexity index is 1490. The van der Waals surface area contributed by atoms with Crippen molar-refractivity contribution in [2.75, 3.05) is 17.3 Å². The fourth-order valence-corrected chi connectivity index (χ4v) is 4.37. The Balaban J connectivity index is 1.95. The lowest BCUT2D eigenvalue weighted by Crippen LogP contribution is -2.13. The van der Waals surface area contributed by atoms with Crippen molar-refractivity contribution in [3.63, 3.8) is 0 Å². The van der Waals surface area contributed by atoms with E-state index in [2.05, 4.69) is 20.3 Å². The number of sulfone groups is 1. The van der Waals surface area contributed by atoms with Crippen molar-refractivity contribution in [3.05, 3.63) is 66.0 Å². The summed E-state index contributed by atoms with van der Waals surface area (Å²) in [5.41, 5.74) is 7.49. The Morgan fingerprint density at radius 1 is 1.22 bits per heavy atom. The van der Waals surface area contributed by atoms with Gasteiger partial charge >= 0.3 is 0 Å². The number of hydrogen-bond donors (Lipinski definition) is 2. The maximum absolute atomic E-state index is 14.1. The third-order valence-corrected chi connectivity index (χ3v) is 6.06. The number of nitrogens with two attached hydrogens (primary N) is 1. The summed E-state index contributed by atoms with van der Waals surface area (Å²) in [6, 6.07) is 10.6. The fourth-order valence-electron chi connectivity index (χ4n) is 3.48. The summed E-state index contributed by atoms with van der Waals surface area (Å²) in [5, 5.41) is 12.5. The molecule has 4 rings (SSSR count). The summed E-state index contributed by atoms with van der Waals surface area (Å²) in [5.74, 6) is -0.273. The monoisotopic (exact) mass is 451 g/mol. The average molecular weight is 451 g/mol. The van der Waals surface area contributed by atoms with Crippen LogP contribution in [-0.2, 0) is 9.84 Å². The van der Waals surface area contributed by atoms with Crippen molar-refractivity contribution in [2.45, 2.75) is 17.9 Å². The number of aromatic nitrogens is 4. The molecule has 9 nitrogen and oxygen atoms in total. The molecule has 0 spiro atoms. The molecule has 162 valence electrons. The number of benzene rings is 1. The van der Waals surface area contributed by atoms with Crippen molar-refractivity contribution >= 4 is 27.1 Å². The van der Waals surface area contributed by atoms with E-state index >= 15 is 0 Å². The van der Waals surface area contributed by atoms with Gasteiger partial charge in [0.05, 0.1) is 22.3 Å². The fraction of sp³-hybridized carbons (Fsp3) is 0.143. The number of halogens is 1. The molecule has 32 heavy (non-hydrogen) atoms. The minimum absolute atomic E-state index is 0.0249. The van der Waals surface area contributed by atoms with Crippen LogP contribution in [0, 0.1) is 17.1 Å². The zero-order valence-electron chi connectivity index (χ0n) is 17.1. The minimum atomic E-state index is -3.59. The van der Waals surface area contributed by atoms with E-state index in [0.29, 0.717) is 22.6 Å². The molecule has 0 saturated carbocycles. The van der Waals surface area contributed by atoms with E-state index in [1.54, 1.807) is 25.1 Å². The molecule has 3 heterocycles. The van der Waals surface area contributed by atoms with Crippen LogP contribution in [0.2, 0.25) is 0 Å². The van der Waals surface area contributed by atoms with Crippen molar-refractivity contribution in [1.82, 2.24) is 19.4 Å². The number of pyridine rings is 1.